The minimum absolute atomic E-state index is 0.0397. The molecular formula is C19H17F3N2O2. The summed E-state index contributed by atoms with van der Waals surface area (Å²) in [5.74, 6) is -3.16. The van der Waals surface area contributed by atoms with Gasteiger partial charge in [0.25, 0.3) is 0 Å². The van der Waals surface area contributed by atoms with Gasteiger partial charge in [-0.05, 0) is 36.2 Å². The Morgan fingerprint density at radius 1 is 1.08 bits per heavy atom. The van der Waals surface area contributed by atoms with Crippen LogP contribution in [0.15, 0.2) is 42.5 Å². The maximum Gasteiger partial charge on any atom is 0.229 e. The molecule has 4 nitrogen and oxygen atoms in total. The van der Waals surface area contributed by atoms with Gasteiger partial charge in [-0.1, -0.05) is 12.1 Å². The first-order valence-electron chi connectivity index (χ1n) is 8.20. The Balaban J connectivity index is 1.56. The molecule has 0 bridgehead atoms. The molecule has 0 aliphatic carbocycles. The number of anilines is 1. The zero-order valence-electron chi connectivity index (χ0n) is 13.8. The number of hydrogen-bond donors (Lipinski definition) is 1. The van der Waals surface area contributed by atoms with Crippen LogP contribution >= 0.6 is 0 Å². The predicted molar refractivity (Wildman–Crippen MR) is 89.8 cm³/mol. The van der Waals surface area contributed by atoms with Crippen molar-refractivity contribution in [1.82, 2.24) is 4.90 Å². The fourth-order valence-corrected chi connectivity index (χ4v) is 2.90. The topological polar surface area (TPSA) is 49.4 Å². The Kier molecular flexibility index (Phi) is 5.25. The molecule has 26 heavy (non-hydrogen) atoms. The molecule has 0 aromatic heterocycles. The Bertz CT molecular complexity index is 824. The van der Waals surface area contributed by atoms with E-state index >= 15 is 0 Å². The van der Waals surface area contributed by atoms with Crippen molar-refractivity contribution >= 4 is 17.5 Å². The van der Waals surface area contributed by atoms with Crippen molar-refractivity contribution in [3.8, 4) is 0 Å². The van der Waals surface area contributed by atoms with Crippen LogP contribution in [0.25, 0.3) is 0 Å². The van der Waals surface area contributed by atoms with Crippen molar-refractivity contribution in [2.24, 2.45) is 5.92 Å². The largest absolute Gasteiger partial charge is 0.342 e. The van der Waals surface area contributed by atoms with Gasteiger partial charge in [-0.2, -0.15) is 0 Å². The third-order valence-corrected chi connectivity index (χ3v) is 4.36. The number of amides is 2. The van der Waals surface area contributed by atoms with Gasteiger partial charge < -0.3 is 10.2 Å². The molecule has 7 heteroatoms. The lowest BCUT2D eigenvalue weighted by atomic mass is 10.1. The maximum atomic E-state index is 13.6. The molecule has 3 rings (SSSR count). The average Bonchev–Trinajstić information content (AvgIpc) is 2.98. The highest BCUT2D eigenvalue weighted by Gasteiger charge is 2.34. The lowest BCUT2D eigenvalue weighted by molar-refractivity contribution is -0.128. The molecule has 1 saturated heterocycles. The van der Waals surface area contributed by atoms with E-state index < -0.39 is 23.5 Å². The second-order valence-electron chi connectivity index (χ2n) is 6.23. The van der Waals surface area contributed by atoms with Gasteiger partial charge in [0.2, 0.25) is 11.8 Å². The monoisotopic (exact) mass is 362 g/mol. The van der Waals surface area contributed by atoms with E-state index in [2.05, 4.69) is 5.32 Å². The Hall–Kier alpha value is -2.83. The van der Waals surface area contributed by atoms with Crippen LogP contribution in [0.4, 0.5) is 18.9 Å². The number of nitrogens with zero attached hydrogens (tertiary/aromatic N) is 1. The molecule has 1 unspecified atom stereocenters. The van der Waals surface area contributed by atoms with E-state index in [4.69, 9.17) is 0 Å². The van der Waals surface area contributed by atoms with Gasteiger partial charge in [0.15, 0.2) is 0 Å². The summed E-state index contributed by atoms with van der Waals surface area (Å²) in [6.45, 7) is 0.647. The van der Waals surface area contributed by atoms with Crippen LogP contribution < -0.4 is 5.32 Å². The third-order valence-electron chi connectivity index (χ3n) is 4.36. The summed E-state index contributed by atoms with van der Waals surface area (Å²) in [7, 11) is 0. The SMILES string of the molecule is O=C(Nc1ccc(F)cc1F)C1CC(=O)N(CCc2ccc(F)cc2)C1. The van der Waals surface area contributed by atoms with Crippen molar-refractivity contribution in [1.29, 1.82) is 0 Å². The molecule has 1 heterocycles. The summed E-state index contributed by atoms with van der Waals surface area (Å²) in [4.78, 5) is 25.9. The quantitative estimate of drug-likeness (QED) is 0.888. The van der Waals surface area contributed by atoms with Crippen molar-refractivity contribution < 1.29 is 22.8 Å². The highest BCUT2D eigenvalue weighted by Crippen LogP contribution is 2.22. The minimum atomic E-state index is -0.865. The molecule has 0 radical (unpaired) electrons. The summed E-state index contributed by atoms with van der Waals surface area (Å²) in [6.07, 6.45) is 0.588. The van der Waals surface area contributed by atoms with Gasteiger partial charge in [0, 0.05) is 25.6 Å². The van der Waals surface area contributed by atoms with E-state index in [-0.39, 0.29) is 30.4 Å². The van der Waals surface area contributed by atoms with Crippen LogP contribution in [0, 0.1) is 23.4 Å². The van der Waals surface area contributed by atoms with Gasteiger partial charge in [0.1, 0.15) is 17.5 Å². The number of carbonyl (C=O) groups is 2. The van der Waals surface area contributed by atoms with Gasteiger partial charge in [-0.15, -0.1) is 0 Å². The fourth-order valence-electron chi connectivity index (χ4n) is 2.90. The Labute approximate surface area is 148 Å². The van der Waals surface area contributed by atoms with Crippen LogP contribution in [-0.4, -0.2) is 29.8 Å². The lowest BCUT2D eigenvalue weighted by Gasteiger charge is -2.16. The molecule has 2 amide bonds. The molecule has 2 aromatic carbocycles. The second kappa shape index (κ2) is 7.59. The standard InChI is InChI=1S/C19H17F3N2O2/c20-14-3-1-12(2-4-14)7-8-24-11-13(9-18(24)25)19(26)23-17-6-5-15(21)10-16(17)22/h1-6,10,13H,7-9,11H2,(H,23,26). The number of halogens is 3. The molecule has 0 saturated carbocycles. The van der Waals surface area contributed by atoms with E-state index in [0.29, 0.717) is 19.0 Å². The summed E-state index contributed by atoms with van der Waals surface area (Å²) in [5, 5.41) is 2.40. The number of benzene rings is 2. The Morgan fingerprint density at radius 2 is 1.77 bits per heavy atom. The number of likely N-dealkylation sites (tertiary alicyclic amines) is 1. The van der Waals surface area contributed by atoms with Crippen LogP contribution in [-0.2, 0) is 16.0 Å². The summed E-state index contributed by atoms with van der Waals surface area (Å²) < 4.78 is 39.4. The van der Waals surface area contributed by atoms with Crippen LogP contribution in [0.3, 0.4) is 0 Å². The van der Waals surface area contributed by atoms with E-state index in [1.807, 2.05) is 0 Å². The minimum Gasteiger partial charge on any atom is -0.342 e. The lowest BCUT2D eigenvalue weighted by Crippen LogP contribution is -2.30. The van der Waals surface area contributed by atoms with E-state index in [9.17, 15) is 22.8 Å². The first kappa shape index (κ1) is 18.0. The highest BCUT2D eigenvalue weighted by molar-refractivity contribution is 5.97. The van der Waals surface area contributed by atoms with Gasteiger partial charge >= 0.3 is 0 Å². The summed E-state index contributed by atoms with van der Waals surface area (Å²) in [6, 6.07) is 8.89. The first-order valence-corrected chi connectivity index (χ1v) is 8.20. The molecule has 136 valence electrons. The number of nitrogens with one attached hydrogen (secondary N) is 1. The van der Waals surface area contributed by atoms with Gasteiger partial charge in [-0.25, -0.2) is 13.2 Å². The smallest absolute Gasteiger partial charge is 0.229 e. The Morgan fingerprint density at radius 3 is 2.46 bits per heavy atom. The van der Waals surface area contributed by atoms with Gasteiger partial charge in [0.05, 0.1) is 11.6 Å². The average molecular weight is 362 g/mol. The zero-order chi connectivity index (χ0) is 18.7. The molecule has 2 aromatic rings. The van der Waals surface area contributed by atoms with Crippen molar-refractivity contribution in [3.05, 3.63) is 65.5 Å². The third kappa shape index (κ3) is 4.22. The predicted octanol–water partition coefficient (Wildman–Crippen LogP) is 3.13. The molecule has 1 N–H and O–H groups in total. The number of rotatable bonds is 5. The van der Waals surface area contributed by atoms with Crippen molar-refractivity contribution in [3.63, 3.8) is 0 Å². The normalized spacial score (nSPS) is 16.8. The van der Waals surface area contributed by atoms with E-state index in [1.165, 1.54) is 12.1 Å². The second-order valence-corrected chi connectivity index (χ2v) is 6.23. The van der Waals surface area contributed by atoms with Crippen LogP contribution in [0.2, 0.25) is 0 Å². The zero-order valence-corrected chi connectivity index (χ0v) is 13.8. The van der Waals surface area contributed by atoms with Crippen LogP contribution in [0.1, 0.15) is 12.0 Å². The number of carbonyl (C=O) groups excluding carboxylic acids is 2. The molecule has 1 atom stereocenters. The fraction of sp³-hybridized carbons (Fsp3) is 0.263. The van der Waals surface area contributed by atoms with Crippen molar-refractivity contribution in [2.75, 3.05) is 18.4 Å². The maximum absolute atomic E-state index is 13.6. The molecule has 1 aliphatic rings. The number of hydrogen-bond acceptors (Lipinski definition) is 2. The first-order chi connectivity index (χ1) is 12.4. The highest BCUT2D eigenvalue weighted by atomic mass is 19.1. The van der Waals surface area contributed by atoms with Crippen molar-refractivity contribution in [2.45, 2.75) is 12.8 Å². The summed E-state index contributed by atoms with van der Waals surface area (Å²) >= 11 is 0. The van der Waals surface area contributed by atoms with Gasteiger partial charge in [-0.3, -0.25) is 9.59 Å². The van der Waals surface area contributed by atoms with E-state index in [1.54, 1.807) is 17.0 Å². The van der Waals surface area contributed by atoms with Crippen LogP contribution in [0.5, 0.6) is 0 Å². The summed E-state index contributed by atoms with van der Waals surface area (Å²) in [5.41, 5.74) is 0.772. The van der Waals surface area contributed by atoms with E-state index in [0.717, 1.165) is 17.7 Å². The molecule has 1 fully saturated rings. The molecule has 1 aliphatic heterocycles. The molecule has 0 spiro atoms. The molecular weight excluding hydrogens is 345 g/mol.